The molecule has 3 nitrogen and oxygen atoms in total. The zero-order valence-electron chi connectivity index (χ0n) is 14.3. The minimum atomic E-state index is 0.507. The van der Waals surface area contributed by atoms with Gasteiger partial charge < -0.3 is 9.30 Å². The van der Waals surface area contributed by atoms with Gasteiger partial charge in [0.1, 0.15) is 12.4 Å². The minimum Gasteiger partial charge on any atom is -0.489 e. The number of benzene rings is 3. The number of carbonyl (C=O) groups is 1. The van der Waals surface area contributed by atoms with Crippen molar-refractivity contribution in [3.8, 4) is 5.75 Å². The Morgan fingerprint density at radius 2 is 1.54 bits per heavy atom. The van der Waals surface area contributed by atoms with E-state index in [1.165, 1.54) is 5.56 Å². The highest BCUT2D eigenvalue weighted by atomic mass is 16.5. The molecule has 0 spiro atoms. The molecule has 0 N–H and O–H groups in total. The lowest BCUT2D eigenvalue weighted by molar-refractivity contribution is 0.112. The first-order valence-electron chi connectivity index (χ1n) is 8.62. The molecule has 0 radical (unpaired) electrons. The van der Waals surface area contributed by atoms with Crippen LogP contribution in [0.15, 0.2) is 85.1 Å². The number of nitrogens with zero attached hydrogens (tertiary/aromatic N) is 1. The lowest BCUT2D eigenvalue weighted by atomic mass is 10.2. The maximum atomic E-state index is 11.5. The van der Waals surface area contributed by atoms with Crippen LogP contribution in [-0.4, -0.2) is 10.9 Å². The van der Waals surface area contributed by atoms with Crippen molar-refractivity contribution in [1.82, 2.24) is 4.57 Å². The van der Waals surface area contributed by atoms with Crippen molar-refractivity contribution < 1.29 is 9.53 Å². The van der Waals surface area contributed by atoms with Gasteiger partial charge in [-0.2, -0.15) is 0 Å². The molecule has 0 saturated heterocycles. The van der Waals surface area contributed by atoms with Crippen molar-refractivity contribution in [2.75, 3.05) is 0 Å². The van der Waals surface area contributed by atoms with Gasteiger partial charge in [0.2, 0.25) is 0 Å². The van der Waals surface area contributed by atoms with Crippen molar-refractivity contribution in [3.05, 3.63) is 102 Å². The van der Waals surface area contributed by atoms with Crippen molar-refractivity contribution in [3.63, 3.8) is 0 Å². The van der Waals surface area contributed by atoms with Gasteiger partial charge in [-0.3, -0.25) is 4.79 Å². The fraction of sp³-hybridized carbons (Fsp3) is 0.0870. The summed E-state index contributed by atoms with van der Waals surface area (Å²) in [5, 5.41) is 0.918. The summed E-state index contributed by atoms with van der Waals surface area (Å²) in [5.74, 6) is 0.766. The second-order valence-corrected chi connectivity index (χ2v) is 6.27. The Morgan fingerprint density at radius 1 is 0.846 bits per heavy atom. The lowest BCUT2D eigenvalue weighted by Crippen LogP contribution is -1.98. The van der Waals surface area contributed by atoms with Crippen molar-refractivity contribution in [1.29, 1.82) is 0 Å². The lowest BCUT2D eigenvalue weighted by Gasteiger charge is -2.08. The Labute approximate surface area is 152 Å². The molecule has 1 aromatic heterocycles. The standard InChI is InChI=1S/C23H19NO2/c25-16-20-15-24(14-18-7-3-1-4-8-18)23-12-11-21(13-22(20)23)26-17-19-9-5-2-6-10-19/h1-13,15-16H,14,17H2. The van der Waals surface area contributed by atoms with Gasteiger partial charge in [-0.25, -0.2) is 0 Å². The van der Waals surface area contributed by atoms with E-state index in [-0.39, 0.29) is 0 Å². The summed E-state index contributed by atoms with van der Waals surface area (Å²) >= 11 is 0. The molecule has 26 heavy (non-hydrogen) atoms. The first kappa shape index (κ1) is 16.2. The van der Waals surface area contributed by atoms with E-state index in [4.69, 9.17) is 4.74 Å². The molecule has 0 unspecified atom stereocenters. The number of rotatable bonds is 6. The highest BCUT2D eigenvalue weighted by Crippen LogP contribution is 2.26. The molecular formula is C23H19NO2. The molecule has 3 aromatic carbocycles. The molecule has 4 rings (SSSR count). The van der Waals surface area contributed by atoms with Crippen LogP contribution in [0.3, 0.4) is 0 Å². The Morgan fingerprint density at radius 3 is 2.23 bits per heavy atom. The molecular weight excluding hydrogens is 322 g/mol. The van der Waals surface area contributed by atoms with Gasteiger partial charge in [-0.1, -0.05) is 60.7 Å². The van der Waals surface area contributed by atoms with Crippen LogP contribution in [0.25, 0.3) is 10.9 Å². The van der Waals surface area contributed by atoms with Crippen LogP contribution in [0, 0.1) is 0 Å². The van der Waals surface area contributed by atoms with Crippen LogP contribution in [-0.2, 0) is 13.2 Å². The molecule has 0 aliphatic heterocycles. The van der Waals surface area contributed by atoms with E-state index in [9.17, 15) is 4.79 Å². The molecule has 0 atom stereocenters. The summed E-state index contributed by atoms with van der Waals surface area (Å²) in [6, 6.07) is 26.2. The highest BCUT2D eigenvalue weighted by Gasteiger charge is 2.10. The average Bonchev–Trinajstić information content (AvgIpc) is 3.05. The quantitative estimate of drug-likeness (QED) is 0.458. The minimum absolute atomic E-state index is 0.507. The van der Waals surface area contributed by atoms with Gasteiger partial charge in [0.15, 0.2) is 6.29 Å². The van der Waals surface area contributed by atoms with Gasteiger partial charge in [0.05, 0.1) is 0 Å². The van der Waals surface area contributed by atoms with Gasteiger partial charge in [0.25, 0.3) is 0 Å². The second-order valence-electron chi connectivity index (χ2n) is 6.27. The fourth-order valence-electron chi connectivity index (χ4n) is 3.14. The van der Waals surface area contributed by atoms with Crippen LogP contribution < -0.4 is 4.74 Å². The number of hydrogen-bond acceptors (Lipinski definition) is 2. The molecule has 0 aliphatic carbocycles. The summed E-state index contributed by atoms with van der Waals surface area (Å²) in [6.07, 6.45) is 2.82. The van der Waals surface area contributed by atoms with Gasteiger partial charge in [0, 0.05) is 29.2 Å². The van der Waals surface area contributed by atoms with Crippen LogP contribution in [0.1, 0.15) is 21.5 Å². The summed E-state index contributed by atoms with van der Waals surface area (Å²) in [6.45, 7) is 1.24. The van der Waals surface area contributed by atoms with Crippen LogP contribution in [0.5, 0.6) is 5.75 Å². The predicted molar refractivity (Wildman–Crippen MR) is 104 cm³/mol. The maximum absolute atomic E-state index is 11.5. The molecule has 0 saturated carbocycles. The Hall–Kier alpha value is -3.33. The summed E-state index contributed by atoms with van der Waals surface area (Å²) in [4.78, 5) is 11.5. The third kappa shape index (κ3) is 3.38. The number of carbonyl (C=O) groups excluding carboxylic acids is 1. The van der Waals surface area contributed by atoms with Crippen LogP contribution in [0.4, 0.5) is 0 Å². The van der Waals surface area contributed by atoms with Gasteiger partial charge in [-0.05, 0) is 29.3 Å². The van der Waals surface area contributed by atoms with Gasteiger partial charge >= 0.3 is 0 Å². The van der Waals surface area contributed by atoms with Crippen molar-refractivity contribution in [2.45, 2.75) is 13.2 Å². The van der Waals surface area contributed by atoms with Crippen LogP contribution in [0.2, 0.25) is 0 Å². The first-order valence-corrected chi connectivity index (χ1v) is 8.62. The Balaban J connectivity index is 1.62. The number of fused-ring (bicyclic) bond motifs is 1. The molecule has 4 aromatic rings. The average molecular weight is 341 g/mol. The first-order chi connectivity index (χ1) is 12.8. The normalized spacial score (nSPS) is 10.8. The fourth-order valence-corrected chi connectivity index (χ4v) is 3.14. The number of aldehydes is 1. The van der Waals surface area contributed by atoms with E-state index >= 15 is 0 Å². The third-order valence-electron chi connectivity index (χ3n) is 4.45. The van der Waals surface area contributed by atoms with Crippen molar-refractivity contribution in [2.24, 2.45) is 0 Å². The summed E-state index contributed by atoms with van der Waals surface area (Å²) < 4.78 is 8.01. The monoisotopic (exact) mass is 341 g/mol. The maximum Gasteiger partial charge on any atom is 0.152 e. The number of ether oxygens (including phenoxy) is 1. The van der Waals surface area contributed by atoms with E-state index in [1.54, 1.807) is 0 Å². The van der Waals surface area contributed by atoms with Crippen LogP contribution >= 0.6 is 0 Å². The van der Waals surface area contributed by atoms with E-state index < -0.39 is 0 Å². The van der Waals surface area contributed by atoms with E-state index in [2.05, 4.69) is 16.7 Å². The number of aromatic nitrogens is 1. The summed E-state index contributed by atoms with van der Waals surface area (Å²) in [5.41, 5.74) is 4.03. The Bertz CT molecular complexity index is 1020. The molecule has 0 fully saturated rings. The number of hydrogen-bond donors (Lipinski definition) is 0. The van der Waals surface area contributed by atoms with E-state index in [0.29, 0.717) is 12.2 Å². The highest BCUT2D eigenvalue weighted by molar-refractivity contribution is 5.98. The van der Waals surface area contributed by atoms with Crippen molar-refractivity contribution >= 4 is 17.2 Å². The van der Waals surface area contributed by atoms with Gasteiger partial charge in [-0.15, -0.1) is 0 Å². The molecule has 0 amide bonds. The topological polar surface area (TPSA) is 31.2 Å². The SMILES string of the molecule is O=Cc1cn(Cc2ccccc2)c2ccc(OCc3ccccc3)cc12. The second kappa shape index (κ2) is 7.28. The zero-order chi connectivity index (χ0) is 17.8. The zero-order valence-corrected chi connectivity index (χ0v) is 14.3. The summed E-state index contributed by atoms with van der Waals surface area (Å²) in [7, 11) is 0. The Kier molecular flexibility index (Phi) is 4.52. The molecule has 1 heterocycles. The predicted octanol–water partition coefficient (Wildman–Crippen LogP) is 5.08. The third-order valence-corrected chi connectivity index (χ3v) is 4.45. The smallest absolute Gasteiger partial charge is 0.152 e. The molecule has 0 aliphatic rings. The van der Waals surface area contributed by atoms with E-state index in [0.717, 1.165) is 35.0 Å². The van der Waals surface area contributed by atoms with E-state index in [1.807, 2.05) is 72.9 Å². The molecule has 0 bridgehead atoms. The molecule has 3 heteroatoms. The molecule has 128 valence electrons. The largest absolute Gasteiger partial charge is 0.489 e.